The van der Waals surface area contributed by atoms with Gasteiger partial charge in [-0.3, -0.25) is 4.98 Å². The summed E-state index contributed by atoms with van der Waals surface area (Å²) in [7, 11) is 0. The Morgan fingerprint density at radius 2 is 1.89 bits per heavy atom. The Morgan fingerprint density at radius 1 is 1.14 bits per heavy atom. The topological polar surface area (TPSA) is 33.1 Å². The molecule has 1 N–H and O–H groups in total. The highest BCUT2D eigenvalue weighted by molar-refractivity contribution is 7.80. The number of hydrogen-bond acceptors (Lipinski definition) is 2. The molecule has 4 nitrogen and oxygen atoms in total. The van der Waals surface area contributed by atoms with Crippen molar-refractivity contribution in [2.45, 2.75) is 32.9 Å². The minimum Gasteiger partial charge on any atom is -0.352 e. The van der Waals surface area contributed by atoms with Crippen molar-refractivity contribution in [1.82, 2.24) is 19.8 Å². The Balaban J connectivity index is 1.82. The summed E-state index contributed by atoms with van der Waals surface area (Å²) in [6.07, 6.45) is 1.81. The first-order chi connectivity index (χ1) is 13.5. The second-order valence-electron chi connectivity index (χ2n) is 7.05. The lowest BCUT2D eigenvalue weighted by Gasteiger charge is -2.27. The maximum atomic E-state index is 13.4. The zero-order valence-corrected chi connectivity index (χ0v) is 17.0. The summed E-state index contributed by atoms with van der Waals surface area (Å²) >= 11 is 5.62. The summed E-state index contributed by atoms with van der Waals surface area (Å²) in [6, 6.07) is 14.8. The van der Waals surface area contributed by atoms with Gasteiger partial charge in [0, 0.05) is 29.8 Å². The Labute approximate surface area is 170 Å². The Kier molecular flexibility index (Phi) is 4.89. The van der Waals surface area contributed by atoms with Crippen LogP contribution in [0.3, 0.4) is 0 Å². The van der Waals surface area contributed by atoms with E-state index >= 15 is 0 Å². The molecule has 2 unspecified atom stereocenters. The lowest BCUT2D eigenvalue weighted by atomic mass is 9.97. The highest BCUT2D eigenvalue weighted by Gasteiger charge is 2.40. The van der Waals surface area contributed by atoms with Crippen LogP contribution in [0.4, 0.5) is 4.39 Å². The molecule has 6 heteroatoms. The number of rotatable bonds is 4. The summed E-state index contributed by atoms with van der Waals surface area (Å²) in [5, 5.41) is 4.20. The number of pyridine rings is 1. The van der Waals surface area contributed by atoms with E-state index in [1.807, 2.05) is 36.5 Å². The molecule has 3 heterocycles. The van der Waals surface area contributed by atoms with E-state index in [2.05, 4.69) is 46.6 Å². The number of nitrogens with zero attached hydrogens (tertiary/aromatic N) is 3. The number of aromatic nitrogens is 2. The van der Waals surface area contributed by atoms with Gasteiger partial charge in [0.15, 0.2) is 5.11 Å². The van der Waals surface area contributed by atoms with Crippen LogP contribution < -0.4 is 5.32 Å². The molecule has 4 rings (SSSR count). The first kappa shape index (κ1) is 18.6. The Hall–Kier alpha value is -2.73. The van der Waals surface area contributed by atoms with Crippen molar-refractivity contribution in [2.24, 2.45) is 0 Å². The van der Waals surface area contributed by atoms with Crippen LogP contribution in [0.15, 0.2) is 54.7 Å². The summed E-state index contributed by atoms with van der Waals surface area (Å²) in [6.45, 7) is 7.10. The molecule has 0 saturated carbocycles. The molecule has 0 aliphatic carbocycles. The van der Waals surface area contributed by atoms with Crippen LogP contribution in [0.1, 0.15) is 41.7 Å². The second kappa shape index (κ2) is 7.36. The number of benzene rings is 1. The highest BCUT2D eigenvalue weighted by Crippen LogP contribution is 2.41. The third kappa shape index (κ3) is 3.07. The highest BCUT2D eigenvalue weighted by atomic mass is 32.1. The SMILES string of the molecule is CCN1C(=S)NC(c2ccccn2)C1c1cc(C)n(-c2ccc(F)cc2)c1C. The molecule has 0 bridgehead atoms. The van der Waals surface area contributed by atoms with Crippen molar-refractivity contribution >= 4 is 17.3 Å². The van der Waals surface area contributed by atoms with E-state index in [0.29, 0.717) is 0 Å². The number of likely N-dealkylation sites (N-methyl/N-ethyl adjacent to an activating group) is 1. The minimum absolute atomic E-state index is 0.0178. The molecule has 3 aromatic rings. The van der Waals surface area contributed by atoms with Gasteiger partial charge in [0.05, 0.1) is 17.8 Å². The quantitative estimate of drug-likeness (QED) is 0.655. The first-order valence-electron chi connectivity index (χ1n) is 9.44. The van der Waals surface area contributed by atoms with E-state index < -0.39 is 0 Å². The lowest BCUT2D eigenvalue weighted by molar-refractivity contribution is 0.329. The Bertz CT molecular complexity index is 997. The Morgan fingerprint density at radius 3 is 2.54 bits per heavy atom. The van der Waals surface area contributed by atoms with Gasteiger partial charge in [0.2, 0.25) is 0 Å². The van der Waals surface area contributed by atoms with Crippen LogP contribution in [0, 0.1) is 19.7 Å². The molecule has 0 amide bonds. The molecule has 1 fully saturated rings. The van der Waals surface area contributed by atoms with E-state index in [9.17, 15) is 4.39 Å². The van der Waals surface area contributed by atoms with Crippen LogP contribution in [-0.2, 0) is 0 Å². The fourth-order valence-electron chi connectivity index (χ4n) is 4.16. The van der Waals surface area contributed by atoms with Gasteiger partial charge in [0.1, 0.15) is 5.82 Å². The van der Waals surface area contributed by atoms with Gasteiger partial charge in [-0.25, -0.2) is 4.39 Å². The van der Waals surface area contributed by atoms with Crippen molar-refractivity contribution < 1.29 is 4.39 Å². The molecular formula is C22H23FN4S. The van der Waals surface area contributed by atoms with E-state index in [4.69, 9.17) is 12.2 Å². The van der Waals surface area contributed by atoms with Crippen LogP contribution >= 0.6 is 12.2 Å². The fraction of sp³-hybridized carbons (Fsp3) is 0.273. The maximum Gasteiger partial charge on any atom is 0.170 e. The number of nitrogens with one attached hydrogen (secondary N) is 1. The maximum absolute atomic E-state index is 13.4. The van der Waals surface area contributed by atoms with Crippen LogP contribution in [0.5, 0.6) is 0 Å². The smallest absolute Gasteiger partial charge is 0.170 e. The number of halogens is 1. The zero-order chi connectivity index (χ0) is 19.8. The molecular weight excluding hydrogens is 371 g/mol. The molecule has 1 saturated heterocycles. The second-order valence-corrected chi connectivity index (χ2v) is 7.44. The van der Waals surface area contributed by atoms with Gasteiger partial charge < -0.3 is 14.8 Å². The predicted molar refractivity (Wildman–Crippen MR) is 113 cm³/mol. The van der Waals surface area contributed by atoms with Crippen molar-refractivity contribution in [1.29, 1.82) is 0 Å². The van der Waals surface area contributed by atoms with Crippen LogP contribution in [0.25, 0.3) is 5.69 Å². The van der Waals surface area contributed by atoms with Gasteiger partial charge in [-0.05, 0) is 81.0 Å². The van der Waals surface area contributed by atoms with Crippen molar-refractivity contribution in [3.63, 3.8) is 0 Å². The molecule has 28 heavy (non-hydrogen) atoms. The third-order valence-electron chi connectivity index (χ3n) is 5.41. The summed E-state index contributed by atoms with van der Waals surface area (Å²) in [5.74, 6) is -0.232. The van der Waals surface area contributed by atoms with Gasteiger partial charge in [-0.1, -0.05) is 6.07 Å². The van der Waals surface area contributed by atoms with Crippen molar-refractivity contribution in [3.8, 4) is 5.69 Å². The number of thiocarbonyl (C=S) groups is 1. The normalized spacial score (nSPS) is 19.1. The first-order valence-corrected chi connectivity index (χ1v) is 9.85. The molecule has 0 radical (unpaired) electrons. The van der Waals surface area contributed by atoms with E-state index in [1.165, 1.54) is 17.7 Å². The van der Waals surface area contributed by atoms with Crippen molar-refractivity contribution in [2.75, 3.05) is 6.54 Å². The van der Waals surface area contributed by atoms with Crippen LogP contribution in [-0.4, -0.2) is 26.1 Å². The standard InChI is InChI=1S/C22H23FN4S/c1-4-26-21(20(25-22(26)28)19-7-5-6-12-24-19)18-13-14(2)27(15(18)3)17-10-8-16(23)9-11-17/h5-13,20-21H,4H2,1-3H3,(H,25,28). The average Bonchev–Trinajstić information content (AvgIpc) is 3.18. The van der Waals surface area contributed by atoms with Gasteiger partial charge in [0.25, 0.3) is 0 Å². The lowest BCUT2D eigenvalue weighted by Crippen LogP contribution is -2.29. The van der Waals surface area contributed by atoms with E-state index in [0.717, 1.165) is 34.4 Å². The molecule has 1 aromatic carbocycles. The van der Waals surface area contributed by atoms with Crippen LogP contribution in [0.2, 0.25) is 0 Å². The molecule has 2 atom stereocenters. The fourth-order valence-corrected chi connectivity index (χ4v) is 4.53. The summed E-state index contributed by atoms with van der Waals surface area (Å²) in [5.41, 5.74) is 5.35. The number of hydrogen-bond donors (Lipinski definition) is 1. The van der Waals surface area contributed by atoms with E-state index in [-0.39, 0.29) is 17.9 Å². The van der Waals surface area contributed by atoms with Gasteiger partial charge >= 0.3 is 0 Å². The average molecular weight is 395 g/mol. The third-order valence-corrected chi connectivity index (χ3v) is 5.76. The van der Waals surface area contributed by atoms with Crippen molar-refractivity contribution in [3.05, 3.63) is 83.2 Å². The molecule has 1 aliphatic rings. The molecule has 1 aliphatic heterocycles. The van der Waals surface area contributed by atoms with Gasteiger partial charge in [-0.15, -0.1) is 0 Å². The summed E-state index contributed by atoms with van der Waals surface area (Å²) < 4.78 is 15.6. The molecule has 2 aromatic heterocycles. The van der Waals surface area contributed by atoms with E-state index in [1.54, 1.807) is 0 Å². The minimum atomic E-state index is -0.232. The largest absolute Gasteiger partial charge is 0.352 e. The number of aryl methyl sites for hydroxylation is 1. The summed E-state index contributed by atoms with van der Waals surface area (Å²) in [4.78, 5) is 6.78. The predicted octanol–water partition coefficient (Wildman–Crippen LogP) is 4.62. The van der Waals surface area contributed by atoms with Gasteiger partial charge in [-0.2, -0.15) is 0 Å². The monoisotopic (exact) mass is 394 g/mol. The molecule has 0 spiro atoms. The zero-order valence-electron chi connectivity index (χ0n) is 16.2. The molecule has 144 valence electrons.